The van der Waals surface area contributed by atoms with Gasteiger partial charge >= 0.3 is 0 Å². The molecule has 1 aromatic rings. The Labute approximate surface area is 126 Å². The molecule has 0 amide bonds. The Hall–Kier alpha value is -1.78. The number of rotatable bonds is 6. The van der Waals surface area contributed by atoms with Gasteiger partial charge in [-0.05, 0) is 49.7 Å². The van der Waals surface area contributed by atoms with Gasteiger partial charge in [0, 0.05) is 18.7 Å². The van der Waals surface area contributed by atoms with Gasteiger partial charge in [-0.2, -0.15) is 0 Å². The van der Waals surface area contributed by atoms with Crippen LogP contribution in [0.3, 0.4) is 0 Å². The van der Waals surface area contributed by atoms with E-state index in [1.54, 1.807) is 0 Å². The van der Waals surface area contributed by atoms with E-state index in [2.05, 4.69) is 34.5 Å². The Morgan fingerprint density at radius 2 is 2.38 bits per heavy atom. The van der Waals surface area contributed by atoms with Gasteiger partial charge in [0.1, 0.15) is 17.8 Å². The van der Waals surface area contributed by atoms with Crippen molar-refractivity contribution < 1.29 is 4.84 Å². The van der Waals surface area contributed by atoms with E-state index in [9.17, 15) is 0 Å². The van der Waals surface area contributed by atoms with Crippen molar-refractivity contribution in [2.45, 2.75) is 51.6 Å². The number of aryl methyl sites for hydroxylation is 2. The third-order valence-electron chi connectivity index (χ3n) is 4.16. The molecule has 2 aliphatic rings. The van der Waals surface area contributed by atoms with Crippen molar-refractivity contribution in [2.24, 2.45) is 16.8 Å². The largest absolute Gasteiger partial charge is 0.391 e. The zero-order chi connectivity index (χ0) is 14.7. The van der Waals surface area contributed by atoms with Gasteiger partial charge in [-0.15, -0.1) is 0 Å². The number of hydrogen-bond acceptors (Lipinski definition) is 4. The lowest BCUT2D eigenvalue weighted by atomic mass is 10.1. The molecule has 0 saturated heterocycles. The minimum absolute atomic E-state index is 0.289. The first-order valence-electron chi connectivity index (χ1n) is 7.93. The zero-order valence-corrected chi connectivity index (χ0v) is 12.6. The molecule has 1 aromatic heterocycles. The van der Waals surface area contributed by atoms with Crippen molar-refractivity contribution in [1.29, 1.82) is 0 Å². The summed E-state index contributed by atoms with van der Waals surface area (Å²) in [6.45, 7) is 3.19. The fourth-order valence-corrected chi connectivity index (χ4v) is 2.57. The fraction of sp³-hybridized carbons (Fsp3) is 0.625. The topological polar surface area (TPSA) is 72.5 Å². The first-order chi connectivity index (χ1) is 10.2. The molecule has 1 unspecified atom stereocenters. The summed E-state index contributed by atoms with van der Waals surface area (Å²) in [5.41, 5.74) is 8.31. The SMILES string of the molecule is CC1C[C@@H]1O/N=C(\N)CCCc1ccc2c(n1)NCCC2. The second-order valence-corrected chi connectivity index (χ2v) is 6.13. The number of fused-ring (bicyclic) bond motifs is 1. The highest BCUT2D eigenvalue weighted by molar-refractivity contribution is 5.79. The van der Waals surface area contributed by atoms with Gasteiger partial charge in [0.25, 0.3) is 0 Å². The van der Waals surface area contributed by atoms with E-state index in [-0.39, 0.29) is 6.10 Å². The van der Waals surface area contributed by atoms with Gasteiger partial charge in [-0.25, -0.2) is 4.98 Å². The van der Waals surface area contributed by atoms with Crippen LogP contribution in [0, 0.1) is 5.92 Å². The van der Waals surface area contributed by atoms with E-state index in [0.29, 0.717) is 11.8 Å². The standard InChI is InChI=1S/C16H24N4O/c1-11-10-14(11)21-20-15(17)6-2-5-13-8-7-12-4-3-9-18-16(12)19-13/h7-8,11,14H,2-6,9-10H2,1H3,(H2,17,20)(H,18,19)/t11?,14-/m0/s1. The second kappa shape index (κ2) is 6.33. The second-order valence-electron chi connectivity index (χ2n) is 6.13. The summed E-state index contributed by atoms with van der Waals surface area (Å²) in [7, 11) is 0. The number of nitrogens with two attached hydrogens (primary N) is 1. The smallest absolute Gasteiger partial charge is 0.139 e. The molecule has 0 spiro atoms. The van der Waals surface area contributed by atoms with Crippen LogP contribution in [0.25, 0.3) is 0 Å². The molecule has 0 aromatic carbocycles. The molecule has 5 heteroatoms. The van der Waals surface area contributed by atoms with Gasteiger partial charge in [0.2, 0.25) is 0 Å². The molecule has 1 saturated carbocycles. The highest BCUT2D eigenvalue weighted by Gasteiger charge is 2.35. The minimum Gasteiger partial charge on any atom is -0.391 e. The number of amidine groups is 1. The van der Waals surface area contributed by atoms with Crippen molar-refractivity contribution in [3.63, 3.8) is 0 Å². The van der Waals surface area contributed by atoms with Crippen molar-refractivity contribution >= 4 is 11.7 Å². The number of oxime groups is 1. The highest BCUT2D eigenvalue weighted by Crippen LogP contribution is 2.32. The zero-order valence-electron chi connectivity index (χ0n) is 12.6. The highest BCUT2D eigenvalue weighted by atomic mass is 16.6. The number of anilines is 1. The summed E-state index contributed by atoms with van der Waals surface area (Å²) in [6.07, 6.45) is 6.34. The first-order valence-corrected chi connectivity index (χ1v) is 7.93. The van der Waals surface area contributed by atoms with Crippen molar-refractivity contribution in [2.75, 3.05) is 11.9 Å². The lowest BCUT2D eigenvalue weighted by Crippen LogP contribution is -2.15. The number of hydrogen-bond donors (Lipinski definition) is 2. The summed E-state index contributed by atoms with van der Waals surface area (Å²) in [4.78, 5) is 10.0. The molecular weight excluding hydrogens is 264 g/mol. The Balaban J connectivity index is 1.44. The summed E-state index contributed by atoms with van der Waals surface area (Å²) in [5.74, 6) is 2.28. The van der Waals surface area contributed by atoms with Crippen LogP contribution in [0.4, 0.5) is 5.82 Å². The van der Waals surface area contributed by atoms with Crippen LogP contribution >= 0.6 is 0 Å². The number of nitrogens with zero attached hydrogens (tertiary/aromatic N) is 2. The lowest BCUT2D eigenvalue weighted by Gasteiger charge is -2.17. The van der Waals surface area contributed by atoms with Crippen molar-refractivity contribution in [1.82, 2.24) is 4.98 Å². The molecule has 3 N–H and O–H groups in total. The molecular formula is C16H24N4O. The fourth-order valence-electron chi connectivity index (χ4n) is 2.57. The quantitative estimate of drug-likeness (QED) is 0.479. The molecule has 3 rings (SSSR count). The van der Waals surface area contributed by atoms with Gasteiger partial charge in [-0.1, -0.05) is 18.1 Å². The van der Waals surface area contributed by atoms with Crippen LogP contribution in [0.1, 0.15) is 43.9 Å². The minimum atomic E-state index is 0.289. The molecule has 0 radical (unpaired) electrons. The molecule has 1 fully saturated rings. The van der Waals surface area contributed by atoms with Crippen molar-refractivity contribution in [3.05, 3.63) is 23.4 Å². The van der Waals surface area contributed by atoms with Gasteiger partial charge in [0.05, 0.1) is 0 Å². The molecule has 21 heavy (non-hydrogen) atoms. The van der Waals surface area contributed by atoms with Crippen LogP contribution < -0.4 is 11.1 Å². The Morgan fingerprint density at radius 3 is 3.19 bits per heavy atom. The molecule has 5 nitrogen and oxygen atoms in total. The van der Waals surface area contributed by atoms with E-state index in [1.165, 1.54) is 12.0 Å². The third kappa shape index (κ3) is 3.86. The normalized spacial score (nSPS) is 24.1. The summed E-state index contributed by atoms with van der Waals surface area (Å²) in [6, 6.07) is 4.32. The predicted molar refractivity (Wildman–Crippen MR) is 84.3 cm³/mol. The molecule has 2 atom stereocenters. The number of nitrogens with one attached hydrogen (secondary N) is 1. The van der Waals surface area contributed by atoms with Gasteiger partial charge < -0.3 is 15.9 Å². The van der Waals surface area contributed by atoms with E-state index < -0.39 is 0 Å². The molecule has 114 valence electrons. The summed E-state index contributed by atoms with van der Waals surface area (Å²) >= 11 is 0. The van der Waals surface area contributed by atoms with E-state index in [4.69, 9.17) is 10.6 Å². The molecule has 1 aliphatic carbocycles. The van der Waals surface area contributed by atoms with Crippen LogP contribution in [0.2, 0.25) is 0 Å². The summed E-state index contributed by atoms with van der Waals surface area (Å²) in [5, 5.41) is 7.37. The van der Waals surface area contributed by atoms with E-state index in [1.807, 2.05) is 0 Å². The maximum Gasteiger partial charge on any atom is 0.139 e. The molecule has 2 heterocycles. The monoisotopic (exact) mass is 288 g/mol. The summed E-state index contributed by atoms with van der Waals surface area (Å²) < 4.78 is 0. The maximum absolute atomic E-state index is 5.86. The maximum atomic E-state index is 5.86. The van der Waals surface area contributed by atoms with Crippen LogP contribution in [0.15, 0.2) is 17.3 Å². The molecule has 0 bridgehead atoms. The third-order valence-corrected chi connectivity index (χ3v) is 4.16. The van der Waals surface area contributed by atoms with Crippen molar-refractivity contribution in [3.8, 4) is 0 Å². The first kappa shape index (κ1) is 14.2. The van der Waals surface area contributed by atoms with Gasteiger partial charge in [-0.3, -0.25) is 0 Å². The Bertz CT molecular complexity index is 529. The number of aromatic nitrogens is 1. The predicted octanol–water partition coefficient (Wildman–Crippen LogP) is 2.46. The van der Waals surface area contributed by atoms with Crippen LogP contribution in [0.5, 0.6) is 0 Å². The average molecular weight is 288 g/mol. The van der Waals surface area contributed by atoms with Gasteiger partial charge in [0.15, 0.2) is 0 Å². The average Bonchev–Trinajstić information content (AvgIpc) is 3.21. The van der Waals surface area contributed by atoms with E-state index in [0.717, 1.165) is 50.2 Å². The Morgan fingerprint density at radius 1 is 1.52 bits per heavy atom. The Kier molecular flexibility index (Phi) is 4.27. The van der Waals surface area contributed by atoms with Crippen LogP contribution in [-0.2, 0) is 17.7 Å². The molecule has 1 aliphatic heterocycles. The lowest BCUT2D eigenvalue weighted by molar-refractivity contribution is 0.118. The number of pyridine rings is 1. The van der Waals surface area contributed by atoms with Crippen LogP contribution in [-0.4, -0.2) is 23.5 Å². The van der Waals surface area contributed by atoms with E-state index >= 15 is 0 Å².